The summed E-state index contributed by atoms with van der Waals surface area (Å²) < 4.78 is 5.81. The first kappa shape index (κ1) is 14.5. The highest BCUT2D eigenvalue weighted by atomic mass is 16.5. The molecule has 0 aromatic heterocycles. The van der Waals surface area contributed by atoms with E-state index in [1.807, 2.05) is 25.1 Å². The Kier molecular flexibility index (Phi) is 5.18. The summed E-state index contributed by atoms with van der Waals surface area (Å²) in [4.78, 5) is 0. The molecule has 0 fully saturated rings. The van der Waals surface area contributed by atoms with E-state index in [1.54, 1.807) is 7.05 Å². The molecule has 18 heavy (non-hydrogen) atoms. The maximum atomic E-state index is 9.06. The Morgan fingerprint density at radius 1 is 1.39 bits per heavy atom. The van der Waals surface area contributed by atoms with E-state index >= 15 is 0 Å². The van der Waals surface area contributed by atoms with Gasteiger partial charge in [-0.1, -0.05) is 32.0 Å². The minimum atomic E-state index is -0.521. The molecule has 1 rings (SSSR count). The molecule has 0 spiro atoms. The van der Waals surface area contributed by atoms with Crippen LogP contribution in [0.15, 0.2) is 24.3 Å². The van der Waals surface area contributed by atoms with Crippen LogP contribution in [0.25, 0.3) is 0 Å². The molecule has 0 amide bonds. The van der Waals surface area contributed by atoms with Crippen molar-refractivity contribution in [2.75, 3.05) is 13.7 Å². The van der Waals surface area contributed by atoms with E-state index in [9.17, 15) is 0 Å². The van der Waals surface area contributed by atoms with Crippen molar-refractivity contribution in [3.05, 3.63) is 29.8 Å². The summed E-state index contributed by atoms with van der Waals surface area (Å²) in [5, 5.41) is 12.1. The lowest BCUT2D eigenvalue weighted by molar-refractivity contribution is 0.270. The van der Waals surface area contributed by atoms with Crippen LogP contribution in [0.1, 0.15) is 38.7 Å². The maximum Gasteiger partial charge on any atom is 0.122 e. The van der Waals surface area contributed by atoms with E-state index in [-0.39, 0.29) is 0 Å². The van der Waals surface area contributed by atoms with Crippen LogP contribution in [-0.4, -0.2) is 19.2 Å². The summed E-state index contributed by atoms with van der Waals surface area (Å²) in [6.07, 6.45) is 0.659. The first-order chi connectivity index (χ1) is 8.52. The van der Waals surface area contributed by atoms with Gasteiger partial charge in [-0.3, -0.25) is 0 Å². The lowest BCUT2D eigenvalue weighted by Gasteiger charge is -2.21. The number of ether oxygens (including phenoxy) is 1. The molecule has 1 aromatic carbocycles. The van der Waals surface area contributed by atoms with Crippen LogP contribution in [0.3, 0.4) is 0 Å². The molecule has 3 nitrogen and oxygen atoms in total. The largest absolute Gasteiger partial charge is 0.493 e. The van der Waals surface area contributed by atoms with Gasteiger partial charge >= 0.3 is 0 Å². The van der Waals surface area contributed by atoms with Crippen LogP contribution in [0.5, 0.6) is 5.75 Å². The van der Waals surface area contributed by atoms with Gasteiger partial charge in [0.05, 0.1) is 12.7 Å². The summed E-state index contributed by atoms with van der Waals surface area (Å²) in [5.41, 5.74) is 0.688. The summed E-state index contributed by atoms with van der Waals surface area (Å²) in [6, 6.07) is 10.3. The normalized spacial score (nSPS) is 14.0. The Hall–Kier alpha value is -1.53. The molecular formula is C15H22N2O. The van der Waals surface area contributed by atoms with Gasteiger partial charge in [0.1, 0.15) is 11.3 Å². The zero-order chi connectivity index (χ0) is 13.6. The summed E-state index contributed by atoms with van der Waals surface area (Å²) in [6.45, 7) is 6.71. The Bertz CT molecular complexity index is 423. The maximum absolute atomic E-state index is 9.06. The highest BCUT2D eigenvalue weighted by Gasteiger charge is 2.21. The third-order valence-corrected chi connectivity index (χ3v) is 3.20. The number of para-hydroxylation sites is 1. The van der Waals surface area contributed by atoms with Crippen molar-refractivity contribution in [3.63, 3.8) is 0 Å². The molecule has 0 saturated heterocycles. The number of hydrogen-bond acceptors (Lipinski definition) is 3. The summed E-state index contributed by atoms with van der Waals surface area (Å²) in [5.74, 6) is 1.36. The third kappa shape index (κ3) is 3.75. The number of benzene rings is 1. The second-order valence-electron chi connectivity index (χ2n) is 4.98. The van der Waals surface area contributed by atoms with Crippen molar-refractivity contribution in [1.29, 1.82) is 5.26 Å². The minimum Gasteiger partial charge on any atom is -0.493 e. The molecule has 3 heteroatoms. The van der Waals surface area contributed by atoms with Gasteiger partial charge in [0.15, 0.2) is 0 Å². The zero-order valence-electron chi connectivity index (χ0n) is 11.7. The quantitative estimate of drug-likeness (QED) is 0.839. The highest BCUT2D eigenvalue weighted by molar-refractivity contribution is 5.35. The fraction of sp³-hybridized carbons (Fsp3) is 0.533. The molecule has 0 saturated carbocycles. The lowest BCUT2D eigenvalue weighted by atomic mass is 10.0. The predicted molar refractivity (Wildman–Crippen MR) is 73.7 cm³/mol. The van der Waals surface area contributed by atoms with Gasteiger partial charge in [-0.25, -0.2) is 0 Å². The standard InChI is InChI=1S/C15H22N2O/c1-12(2)13-7-5-6-8-14(13)18-10-9-15(3,11-16)17-4/h5-8,12,17H,9-10H2,1-4H3. The number of nitrogens with one attached hydrogen (secondary N) is 1. The van der Waals surface area contributed by atoms with Gasteiger partial charge in [0, 0.05) is 6.42 Å². The number of nitriles is 1. The van der Waals surface area contributed by atoms with E-state index < -0.39 is 5.54 Å². The van der Waals surface area contributed by atoms with Gasteiger partial charge in [0.25, 0.3) is 0 Å². The van der Waals surface area contributed by atoms with Crippen LogP contribution < -0.4 is 10.1 Å². The monoisotopic (exact) mass is 246 g/mol. The minimum absolute atomic E-state index is 0.438. The van der Waals surface area contributed by atoms with Crippen molar-refractivity contribution < 1.29 is 4.74 Å². The van der Waals surface area contributed by atoms with E-state index in [0.717, 1.165) is 5.75 Å². The molecule has 0 radical (unpaired) electrons. The van der Waals surface area contributed by atoms with Crippen LogP contribution in [0, 0.1) is 11.3 Å². The summed E-state index contributed by atoms with van der Waals surface area (Å²) >= 11 is 0. The number of nitrogens with zero attached hydrogens (tertiary/aromatic N) is 1. The van der Waals surface area contributed by atoms with Crippen molar-refractivity contribution in [1.82, 2.24) is 5.32 Å². The van der Waals surface area contributed by atoms with Gasteiger partial charge in [-0.15, -0.1) is 0 Å². The smallest absolute Gasteiger partial charge is 0.122 e. The van der Waals surface area contributed by atoms with Gasteiger partial charge in [-0.05, 0) is 31.5 Å². The van der Waals surface area contributed by atoms with Crippen LogP contribution in [0.2, 0.25) is 0 Å². The van der Waals surface area contributed by atoms with E-state index in [1.165, 1.54) is 5.56 Å². The lowest BCUT2D eigenvalue weighted by Crippen LogP contribution is -2.39. The van der Waals surface area contributed by atoms with Crippen molar-refractivity contribution in [2.45, 2.75) is 38.6 Å². The average molecular weight is 246 g/mol. The second-order valence-corrected chi connectivity index (χ2v) is 4.98. The zero-order valence-corrected chi connectivity index (χ0v) is 11.7. The third-order valence-electron chi connectivity index (χ3n) is 3.20. The van der Waals surface area contributed by atoms with Crippen molar-refractivity contribution in [2.24, 2.45) is 0 Å². The average Bonchev–Trinajstić information content (AvgIpc) is 2.39. The SMILES string of the molecule is CNC(C)(C#N)CCOc1ccccc1C(C)C. The molecule has 0 aliphatic rings. The summed E-state index contributed by atoms with van der Waals surface area (Å²) in [7, 11) is 1.80. The Balaban J connectivity index is 2.62. The Morgan fingerprint density at radius 3 is 2.61 bits per heavy atom. The van der Waals surface area contributed by atoms with Gasteiger partial charge < -0.3 is 10.1 Å². The first-order valence-electron chi connectivity index (χ1n) is 6.34. The first-order valence-corrected chi connectivity index (χ1v) is 6.34. The van der Waals surface area contributed by atoms with Crippen molar-refractivity contribution in [3.8, 4) is 11.8 Å². The van der Waals surface area contributed by atoms with E-state index in [2.05, 4.69) is 31.3 Å². The molecule has 0 heterocycles. The highest BCUT2D eigenvalue weighted by Crippen LogP contribution is 2.26. The Labute approximate surface area is 110 Å². The van der Waals surface area contributed by atoms with Crippen molar-refractivity contribution >= 4 is 0 Å². The fourth-order valence-electron chi connectivity index (χ4n) is 1.69. The molecule has 1 unspecified atom stereocenters. The molecule has 1 N–H and O–H groups in total. The molecule has 1 aromatic rings. The van der Waals surface area contributed by atoms with Crippen LogP contribution >= 0.6 is 0 Å². The number of rotatable bonds is 6. The van der Waals surface area contributed by atoms with Crippen LogP contribution in [-0.2, 0) is 0 Å². The van der Waals surface area contributed by atoms with E-state index in [0.29, 0.717) is 18.9 Å². The number of hydrogen-bond donors (Lipinski definition) is 1. The van der Waals surface area contributed by atoms with Gasteiger partial charge in [-0.2, -0.15) is 5.26 Å². The molecule has 0 aliphatic heterocycles. The van der Waals surface area contributed by atoms with Gasteiger partial charge in [0.2, 0.25) is 0 Å². The fourth-order valence-corrected chi connectivity index (χ4v) is 1.69. The Morgan fingerprint density at radius 2 is 2.06 bits per heavy atom. The van der Waals surface area contributed by atoms with Crippen LogP contribution in [0.4, 0.5) is 0 Å². The molecular weight excluding hydrogens is 224 g/mol. The molecule has 0 bridgehead atoms. The topological polar surface area (TPSA) is 45.0 Å². The second kappa shape index (κ2) is 6.42. The molecule has 0 aliphatic carbocycles. The predicted octanol–water partition coefficient (Wildman–Crippen LogP) is 3.08. The molecule has 98 valence electrons. The molecule has 1 atom stereocenters. The van der Waals surface area contributed by atoms with E-state index in [4.69, 9.17) is 10.00 Å².